The van der Waals surface area contributed by atoms with Gasteiger partial charge in [-0.1, -0.05) is 71.1 Å². The van der Waals surface area contributed by atoms with Crippen molar-refractivity contribution in [3.8, 4) is 0 Å². The zero-order valence-corrected chi connectivity index (χ0v) is 17.6. The summed E-state index contributed by atoms with van der Waals surface area (Å²) in [5, 5.41) is 59.0. The number of rotatable bonds is 16. The summed E-state index contributed by atoms with van der Waals surface area (Å²) in [7, 11) is 0. The van der Waals surface area contributed by atoms with Crippen molar-refractivity contribution in [3.63, 3.8) is 0 Å². The number of aliphatic hydroxyl groups is 6. The molecule has 1 rings (SSSR count). The molecule has 1 heterocycles. The summed E-state index contributed by atoms with van der Waals surface area (Å²) >= 11 is 0. The number of hydrogen-bond donors (Lipinski definition) is 6. The summed E-state index contributed by atoms with van der Waals surface area (Å²) in [5.41, 5.74) is -2.90. The highest BCUT2D eigenvalue weighted by Gasteiger charge is 2.55. The van der Waals surface area contributed by atoms with Crippen molar-refractivity contribution >= 4 is 11.8 Å². The normalized spacial score (nSPS) is 20.7. The second kappa shape index (κ2) is 12.9. The summed E-state index contributed by atoms with van der Waals surface area (Å²) in [6, 6.07) is 0. The van der Waals surface area contributed by atoms with Crippen LogP contribution in [0.1, 0.15) is 77.6 Å². The first-order valence-corrected chi connectivity index (χ1v) is 10.8. The number of ketones is 1. The Morgan fingerprint density at radius 1 is 1.00 bits per heavy atom. The molecule has 1 aliphatic heterocycles. The first-order valence-electron chi connectivity index (χ1n) is 10.8. The van der Waals surface area contributed by atoms with Gasteiger partial charge in [0, 0.05) is 0 Å². The van der Waals surface area contributed by atoms with Crippen LogP contribution in [0.4, 0.5) is 0 Å². The summed E-state index contributed by atoms with van der Waals surface area (Å²) < 4.78 is 4.52. The van der Waals surface area contributed by atoms with E-state index in [1.165, 1.54) is 32.1 Å². The van der Waals surface area contributed by atoms with Gasteiger partial charge < -0.3 is 35.4 Å². The second-order valence-electron chi connectivity index (χ2n) is 7.95. The van der Waals surface area contributed by atoms with Crippen molar-refractivity contribution in [2.75, 3.05) is 6.61 Å². The maximum atomic E-state index is 12.4. The van der Waals surface area contributed by atoms with Gasteiger partial charge in [0.1, 0.15) is 6.10 Å². The maximum absolute atomic E-state index is 12.4. The lowest BCUT2D eigenvalue weighted by Gasteiger charge is -2.32. The summed E-state index contributed by atoms with van der Waals surface area (Å²) in [6.07, 6.45) is 5.26. The average molecular weight is 433 g/mol. The fraction of sp³-hybridized carbons (Fsp3) is 0.810. The lowest BCUT2D eigenvalue weighted by molar-refractivity contribution is -0.177. The van der Waals surface area contributed by atoms with Gasteiger partial charge in [-0.25, -0.2) is 4.79 Å². The topological polar surface area (TPSA) is 165 Å². The molecule has 0 aromatic heterocycles. The highest BCUT2D eigenvalue weighted by atomic mass is 16.6. The minimum absolute atomic E-state index is 0.0996. The SMILES string of the molecule is CCCCCCCCCCCCC(O)C(O)C(=O)[C@](O)(CO)[C@H]1OC(=O)C(O)=C1O. The highest BCUT2D eigenvalue weighted by molar-refractivity contribution is 5.95. The smallest absolute Gasteiger partial charge is 0.378 e. The number of hydrogen-bond acceptors (Lipinski definition) is 9. The number of ether oxygens (including phenoxy) is 1. The van der Waals surface area contributed by atoms with Crippen molar-refractivity contribution in [2.24, 2.45) is 0 Å². The van der Waals surface area contributed by atoms with E-state index in [4.69, 9.17) is 0 Å². The molecule has 0 bridgehead atoms. The van der Waals surface area contributed by atoms with E-state index in [2.05, 4.69) is 11.7 Å². The molecule has 1 aliphatic rings. The molecule has 0 spiro atoms. The van der Waals surface area contributed by atoms with Gasteiger partial charge in [0.05, 0.1) is 12.7 Å². The second-order valence-corrected chi connectivity index (χ2v) is 7.95. The quantitative estimate of drug-likeness (QED) is 0.157. The fourth-order valence-electron chi connectivity index (χ4n) is 3.49. The molecule has 174 valence electrons. The fourth-order valence-corrected chi connectivity index (χ4v) is 3.49. The molecule has 0 aromatic rings. The lowest BCUT2D eigenvalue weighted by Crippen LogP contribution is -2.59. The molecule has 0 radical (unpaired) electrons. The van der Waals surface area contributed by atoms with Gasteiger partial charge in [-0.05, 0) is 6.42 Å². The highest BCUT2D eigenvalue weighted by Crippen LogP contribution is 2.30. The molecule has 0 aliphatic carbocycles. The van der Waals surface area contributed by atoms with E-state index < -0.39 is 53.8 Å². The number of aliphatic hydroxyl groups excluding tert-OH is 5. The Morgan fingerprint density at radius 3 is 1.93 bits per heavy atom. The van der Waals surface area contributed by atoms with E-state index in [1.54, 1.807) is 0 Å². The van der Waals surface area contributed by atoms with Crippen molar-refractivity contribution < 1.29 is 45.0 Å². The molecule has 6 N–H and O–H groups in total. The average Bonchev–Trinajstić information content (AvgIpc) is 3.00. The van der Waals surface area contributed by atoms with Crippen molar-refractivity contribution in [1.82, 2.24) is 0 Å². The molecule has 2 unspecified atom stereocenters. The van der Waals surface area contributed by atoms with Crippen molar-refractivity contribution in [3.05, 3.63) is 11.5 Å². The third kappa shape index (κ3) is 6.94. The van der Waals surface area contributed by atoms with Gasteiger partial charge in [0.15, 0.2) is 11.4 Å². The number of Topliss-reactive ketones (excluding diaryl/α,β-unsaturated/α-hetero) is 1. The first kappa shape index (κ1) is 26.4. The molecule has 0 amide bonds. The van der Waals surface area contributed by atoms with E-state index in [0.717, 1.165) is 25.7 Å². The van der Waals surface area contributed by atoms with Gasteiger partial charge in [-0.3, -0.25) is 4.79 Å². The summed E-state index contributed by atoms with van der Waals surface area (Å²) in [6.45, 7) is 0.877. The molecule has 0 aromatic carbocycles. The minimum Gasteiger partial charge on any atom is -0.505 e. The van der Waals surface area contributed by atoms with E-state index in [-0.39, 0.29) is 6.42 Å². The number of esters is 1. The van der Waals surface area contributed by atoms with Gasteiger partial charge in [-0.2, -0.15) is 0 Å². The Morgan fingerprint density at radius 2 is 1.50 bits per heavy atom. The molecule has 9 heteroatoms. The van der Waals surface area contributed by atoms with Crippen LogP contribution in [0.2, 0.25) is 0 Å². The minimum atomic E-state index is -2.90. The third-order valence-electron chi connectivity index (χ3n) is 5.50. The molecule has 0 saturated heterocycles. The summed E-state index contributed by atoms with van der Waals surface area (Å²) in [5.74, 6) is -5.11. The first-order chi connectivity index (χ1) is 14.2. The van der Waals surface area contributed by atoms with Gasteiger partial charge in [-0.15, -0.1) is 0 Å². The molecule has 0 saturated carbocycles. The Balaban J connectivity index is 2.41. The summed E-state index contributed by atoms with van der Waals surface area (Å²) in [4.78, 5) is 23.7. The zero-order valence-electron chi connectivity index (χ0n) is 17.6. The van der Waals surface area contributed by atoms with E-state index in [0.29, 0.717) is 6.42 Å². The van der Waals surface area contributed by atoms with Crippen LogP contribution in [0.5, 0.6) is 0 Å². The predicted molar refractivity (Wildman–Crippen MR) is 108 cm³/mol. The molecule has 4 atom stereocenters. The van der Waals surface area contributed by atoms with Crippen molar-refractivity contribution in [2.45, 2.75) is 101 Å². The third-order valence-corrected chi connectivity index (χ3v) is 5.50. The van der Waals surface area contributed by atoms with Crippen LogP contribution >= 0.6 is 0 Å². The Kier molecular flexibility index (Phi) is 11.3. The molecular weight excluding hydrogens is 396 g/mol. The molecule has 9 nitrogen and oxygen atoms in total. The van der Waals surface area contributed by atoms with Gasteiger partial charge >= 0.3 is 5.97 Å². The van der Waals surface area contributed by atoms with Crippen LogP contribution in [-0.2, 0) is 14.3 Å². The van der Waals surface area contributed by atoms with Crippen molar-refractivity contribution in [1.29, 1.82) is 0 Å². The number of unbranched alkanes of at least 4 members (excludes halogenated alkanes) is 9. The van der Waals surface area contributed by atoms with Crippen LogP contribution in [-0.4, -0.2) is 72.9 Å². The van der Waals surface area contributed by atoms with Gasteiger partial charge in [0.2, 0.25) is 17.6 Å². The standard InChI is InChI=1S/C21H36O9/c1-2-3-4-5-6-7-8-9-10-11-12-14(23)15(24)18(27)21(29,13-22)19-16(25)17(26)20(28)30-19/h14-15,19,22-26,29H,2-13H2,1H3/t14?,15?,19-,21+/m0/s1. The predicted octanol–water partition coefficient (Wildman–Crippen LogP) is 1.56. The van der Waals surface area contributed by atoms with E-state index in [1.807, 2.05) is 0 Å². The Bertz CT molecular complexity index is 589. The zero-order chi connectivity index (χ0) is 22.7. The van der Waals surface area contributed by atoms with Crippen LogP contribution in [0.3, 0.4) is 0 Å². The number of carbonyl (C=O) groups is 2. The number of cyclic esters (lactones) is 1. The lowest BCUT2D eigenvalue weighted by atomic mass is 9.86. The van der Waals surface area contributed by atoms with Gasteiger partial charge in [0.25, 0.3) is 0 Å². The van der Waals surface area contributed by atoms with E-state index in [9.17, 15) is 40.2 Å². The van der Waals surface area contributed by atoms with E-state index >= 15 is 0 Å². The molecule has 0 fully saturated rings. The number of carbonyl (C=O) groups excluding carboxylic acids is 2. The van der Waals surface area contributed by atoms with Crippen LogP contribution in [0.25, 0.3) is 0 Å². The van der Waals surface area contributed by atoms with Crippen LogP contribution in [0.15, 0.2) is 11.5 Å². The Hall–Kier alpha value is -1.68. The molecular formula is C21H36O9. The largest absolute Gasteiger partial charge is 0.505 e. The maximum Gasteiger partial charge on any atom is 0.378 e. The van der Waals surface area contributed by atoms with Crippen LogP contribution < -0.4 is 0 Å². The Labute approximate surface area is 177 Å². The monoisotopic (exact) mass is 432 g/mol. The van der Waals surface area contributed by atoms with Crippen LogP contribution in [0, 0.1) is 0 Å². The molecule has 30 heavy (non-hydrogen) atoms.